The molecule has 21 heavy (non-hydrogen) atoms. The van der Waals surface area contributed by atoms with Crippen molar-refractivity contribution in [2.75, 3.05) is 19.7 Å². The molecule has 1 aromatic rings. The summed E-state index contributed by atoms with van der Waals surface area (Å²) in [6.07, 6.45) is 4.69. The van der Waals surface area contributed by atoms with Gasteiger partial charge in [-0.25, -0.2) is 0 Å². The lowest BCUT2D eigenvalue weighted by molar-refractivity contribution is -0.143. The van der Waals surface area contributed by atoms with E-state index in [1.165, 1.54) is 5.69 Å². The summed E-state index contributed by atoms with van der Waals surface area (Å²) in [6.45, 7) is 9.12. The van der Waals surface area contributed by atoms with Gasteiger partial charge in [0.05, 0.1) is 0 Å². The fourth-order valence-corrected chi connectivity index (χ4v) is 3.06. The van der Waals surface area contributed by atoms with Gasteiger partial charge in [0.15, 0.2) is 0 Å². The summed E-state index contributed by atoms with van der Waals surface area (Å²) in [7, 11) is 0. The molecule has 0 N–H and O–H groups in total. The van der Waals surface area contributed by atoms with Crippen LogP contribution in [0.3, 0.4) is 0 Å². The molecule has 5 heteroatoms. The fourth-order valence-electron chi connectivity index (χ4n) is 3.06. The molecule has 0 aliphatic carbocycles. The quantitative estimate of drug-likeness (QED) is 0.809. The molecule has 1 fully saturated rings. The largest absolute Gasteiger partial charge is 0.369 e. The van der Waals surface area contributed by atoms with Gasteiger partial charge in [0.1, 0.15) is 6.10 Å². The number of nitrogens with zero attached hydrogens (tertiary/aromatic N) is 3. The molecule has 118 valence electrons. The molecule has 2 heterocycles. The van der Waals surface area contributed by atoms with Crippen LogP contribution in [-0.2, 0) is 16.1 Å². The van der Waals surface area contributed by atoms with Crippen LogP contribution >= 0.6 is 0 Å². The predicted octanol–water partition coefficient (Wildman–Crippen LogP) is 2.42. The Balaban J connectivity index is 1.91. The molecule has 1 aromatic heterocycles. The number of aromatic nitrogens is 2. The van der Waals surface area contributed by atoms with Crippen LogP contribution in [0.1, 0.15) is 51.6 Å². The van der Waals surface area contributed by atoms with Crippen molar-refractivity contribution >= 4 is 5.91 Å². The lowest BCUT2D eigenvalue weighted by Gasteiger charge is -2.33. The number of carbonyl (C=O) groups excluding carboxylic acids is 1. The molecule has 1 aliphatic heterocycles. The zero-order valence-electron chi connectivity index (χ0n) is 13.4. The van der Waals surface area contributed by atoms with Gasteiger partial charge in [-0.15, -0.1) is 0 Å². The van der Waals surface area contributed by atoms with E-state index in [4.69, 9.17) is 4.74 Å². The minimum absolute atomic E-state index is 0.123. The van der Waals surface area contributed by atoms with E-state index in [1.54, 1.807) is 0 Å². The van der Waals surface area contributed by atoms with Crippen molar-refractivity contribution in [3.05, 3.63) is 18.0 Å². The molecule has 0 radical (unpaired) electrons. The maximum absolute atomic E-state index is 12.2. The number of rotatable bonds is 6. The Labute approximate surface area is 127 Å². The molecule has 1 aliphatic rings. The molecule has 0 aromatic carbocycles. The fraction of sp³-hybridized carbons (Fsp3) is 0.750. The number of aryl methyl sites for hydroxylation is 1. The highest BCUT2D eigenvalue weighted by atomic mass is 16.5. The van der Waals surface area contributed by atoms with E-state index in [0.29, 0.717) is 12.5 Å². The third-order valence-electron chi connectivity index (χ3n) is 4.17. The van der Waals surface area contributed by atoms with Gasteiger partial charge in [-0.05, 0) is 39.2 Å². The van der Waals surface area contributed by atoms with Crippen LogP contribution in [0.25, 0.3) is 0 Å². The Morgan fingerprint density at radius 2 is 2.14 bits per heavy atom. The van der Waals surface area contributed by atoms with Gasteiger partial charge >= 0.3 is 0 Å². The van der Waals surface area contributed by atoms with Crippen molar-refractivity contribution < 1.29 is 9.53 Å². The molecule has 1 amide bonds. The van der Waals surface area contributed by atoms with Gasteiger partial charge in [0.2, 0.25) is 0 Å². The number of carbonyl (C=O) groups is 1. The van der Waals surface area contributed by atoms with E-state index < -0.39 is 0 Å². The molecular formula is C16H27N3O2. The van der Waals surface area contributed by atoms with Crippen molar-refractivity contribution in [2.45, 2.75) is 58.6 Å². The third kappa shape index (κ3) is 3.84. The highest BCUT2D eigenvalue weighted by Gasteiger charge is 2.28. The molecule has 1 saturated heterocycles. The molecule has 0 spiro atoms. The Kier molecular flexibility index (Phi) is 5.79. The van der Waals surface area contributed by atoms with Crippen LogP contribution < -0.4 is 0 Å². The van der Waals surface area contributed by atoms with Gasteiger partial charge in [-0.3, -0.25) is 9.48 Å². The Bertz CT molecular complexity index is 450. The minimum Gasteiger partial charge on any atom is -0.369 e. The van der Waals surface area contributed by atoms with Crippen molar-refractivity contribution in [3.8, 4) is 0 Å². The summed E-state index contributed by atoms with van der Waals surface area (Å²) in [5.74, 6) is 0.642. The number of ether oxygens (including phenoxy) is 1. The molecule has 0 bridgehead atoms. The zero-order chi connectivity index (χ0) is 15.2. The van der Waals surface area contributed by atoms with Gasteiger partial charge in [0, 0.05) is 44.0 Å². The van der Waals surface area contributed by atoms with E-state index in [9.17, 15) is 4.79 Å². The lowest BCUT2D eigenvalue weighted by Crippen LogP contribution is -2.43. The zero-order valence-corrected chi connectivity index (χ0v) is 13.4. The molecule has 2 rings (SSSR count). The maximum atomic E-state index is 12.2. The number of hydrogen-bond acceptors (Lipinski definition) is 3. The van der Waals surface area contributed by atoms with Gasteiger partial charge < -0.3 is 9.64 Å². The minimum atomic E-state index is -0.322. The average molecular weight is 293 g/mol. The van der Waals surface area contributed by atoms with Crippen LogP contribution in [-0.4, -0.2) is 46.4 Å². The van der Waals surface area contributed by atoms with Gasteiger partial charge in [0.25, 0.3) is 5.91 Å². The smallest absolute Gasteiger partial charge is 0.251 e. The van der Waals surface area contributed by atoms with Crippen LogP contribution in [0.2, 0.25) is 0 Å². The SMILES string of the molecule is CCCn1nccc1C1CCN(C(=O)[C@H](C)OCC)CC1. The first-order valence-corrected chi connectivity index (χ1v) is 8.09. The number of amides is 1. The number of hydrogen-bond donors (Lipinski definition) is 0. The Morgan fingerprint density at radius 3 is 2.76 bits per heavy atom. The average Bonchev–Trinajstić information content (AvgIpc) is 2.95. The topological polar surface area (TPSA) is 47.4 Å². The Morgan fingerprint density at radius 1 is 1.43 bits per heavy atom. The standard InChI is InChI=1S/C16H27N3O2/c1-4-10-19-15(6-9-17-19)14-7-11-18(12-8-14)16(20)13(3)21-5-2/h6,9,13-14H,4-5,7-8,10-12H2,1-3H3/t13-/m0/s1. The Hall–Kier alpha value is -1.36. The van der Waals surface area contributed by atoms with E-state index in [0.717, 1.165) is 38.9 Å². The van der Waals surface area contributed by atoms with Crippen LogP contribution in [0.5, 0.6) is 0 Å². The van der Waals surface area contributed by atoms with E-state index in [-0.39, 0.29) is 12.0 Å². The van der Waals surface area contributed by atoms with Crippen LogP contribution in [0.15, 0.2) is 12.3 Å². The first-order valence-electron chi connectivity index (χ1n) is 8.09. The molecule has 0 unspecified atom stereocenters. The first-order chi connectivity index (χ1) is 10.2. The van der Waals surface area contributed by atoms with Crippen LogP contribution in [0, 0.1) is 0 Å². The molecule has 5 nitrogen and oxygen atoms in total. The first kappa shape index (κ1) is 16.0. The number of likely N-dealkylation sites (tertiary alicyclic amines) is 1. The monoisotopic (exact) mass is 293 g/mol. The highest BCUT2D eigenvalue weighted by molar-refractivity contribution is 5.80. The lowest BCUT2D eigenvalue weighted by atomic mass is 9.93. The predicted molar refractivity (Wildman–Crippen MR) is 82.2 cm³/mol. The van der Waals surface area contributed by atoms with Crippen LogP contribution in [0.4, 0.5) is 0 Å². The van der Waals surface area contributed by atoms with E-state index >= 15 is 0 Å². The summed E-state index contributed by atoms with van der Waals surface area (Å²) in [5, 5.41) is 4.40. The highest BCUT2D eigenvalue weighted by Crippen LogP contribution is 2.28. The van der Waals surface area contributed by atoms with Crippen molar-refractivity contribution in [2.24, 2.45) is 0 Å². The molecule has 1 atom stereocenters. The second kappa shape index (κ2) is 7.59. The second-order valence-corrected chi connectivity index (χ2v) is 5.68. The van der Waals surface area contributed by atoms with Gasteiger partial charge in [-0.2, -0.15) is 5.10 Å². The summed E-state index contributed by atoms with van der Waals surface area (Å²) in [5.41, 5.74) is 1.32. The summed E-state index contributed by atoms with van der Waals surface area (Å²) in [6, 6.07) is 2.13. The van der Waals surface area contributed by atoms with E-state index in [2.05, 4.69) is 22.8 Å². The molecular weight excluding hydrogens is 266 g/mol. The molecule has 0 saturated carbocycles. The maximum Gasteiger partial charge on any atom is 0.251 e. The van der Waals surface area contributed by atoms with Crippen molar-refractivity contribution in [1.82, 2.24) is 14.7 Å². The van der Waals surface area contributed by atoms with Crippen molar-refractivity contribution in [1.29, 1.82) is 0 Å². The van der Waals surface area contributed by atoms with Crippen molar-refractivity contribution in [3.63, 3.8) is 0 Å². The summed E-state index contributed by atoms with van der Waals surface area (Å²) >= 11 is 0. The second-order valence-electron chi connectivity index (χ2n) is 5.68. The normalized spacial score (nSPS) is 18.0. The third-order valence-corrected chi connectivity index (χ3v) is 4.17. The summed E-state index contributed by atoms with van der Waals surface area (Å²) < 4.78 is 7.52. The summed E-state index contributed by atoms with van der Waals surface area (Å²) in [4.78, 5) is 14.2. The number of piperidine rings is 1. The van der Waals surface area contributed by atoms with Gasteiger partial charge in [-0.1, -0.05) is 6.92 Å². The van der Waals surface area contributed by atoms with E-state index in [1.807, 2.05) is 24.9 Å².